The number of sulfonamides is 1. The van der Waals surface area contributed by atoms with Gasteiger partial charge in [-0.2, -0.15) is 4.31 Å². The molecule has 1 atom stereocenters. The fourth-order valence-electron chi connectivity index (χ4n) is 3.51. The highest BCUT2D eigenvalue weighted by Gasteiger charge is 2.39. The van der Waals surface area contributed by atoms with Crippen LogP contribution in [0.4, 0.5) is 0 Å². The van der Waals surface area contributed by atoms with E-state index in [-0.39, 0.29) is 12.4 Å². The zero-order chi connectivity index (χ0) is 20.7. The highest BCUT2D eigenvalue weighted by molar-refractivity contribution is 7.88. The first-order valence-corrected chi connectivity index (χ1v) is 11.4. The first-order valence-electron chi connectivity index (χ1n) is 9.82. The molecule has 0 aromatic heterocycles. The van der Waals surface area contributed by atoms with Gasteiger partial charge in [0.25, 0.3) is 0 Å². The van der Waals surface area contributed by atoms with Crippen molar-refractivity contribution in [3.8, 4) is 5.75 Å². The molecule has 0 N–H and O–H groups in total. The summed E-state index contributed by atoms with van der Waals surface area (Å²) < 4.78 is 37.4. The summed E-state index contributed by atoms with van der Waals surface area (Å²) in [6, 6.07) is 16.1. The second-order valence-electron chi connectivity index (χ2n) is 7.13. The minimum Gasteiger partial charge on any atom is -0.497 e. The lowest BCUT2D eigenvalue weighted by atomic mass is 10.1. The number of methoxy groups -OCH3 is 1. The van der Waals surface area contributed by atoms with Crippen molar-refractivity contribution in [3.05, 3.63) is 65.7 Å². The number of rotatable bonds is 9. The molecule has 156 valence electrons. The minimum absolute atomic E-state index is 0.102. The van der Waals surface area contributed by atoms with Crippen LogP contribution in [0.15, 0.2) is 54.6 Å². The lowest BCUT2D eigenvalue weighted by Crippen LogP contribution is -2.42. The molecule has 1 heterocycles. The van der Waals surface area contributed by atoms with Crippen LogP contribution >= 0.6 is 0 Å². The third kappa shape index (κ3) is 5.81. The van der Waals surface area contributed by atoms with Crippen LogP contribution in [0, 0.1) is 0 Å². The summed E-state index contributed by atoms with van der Waals surface area (Å²) >= 11 is 0. The predicted molar refractivity (Wildman–Crippen MR) is 111 cm³/mol. The van der Waals surface area contributed by atoms with Gasteiger partial charge in [0.2, 0.25) is 10.0 Å². The molecule has 1 saturated heterocycles. The van der Waals surface area contributed by atoms with Crippen LogP contribution in [-0.4, -0.2) is 45.0 Å². The van der Waals surface area contributed by atoms with Crippen LogP contribution in [0.2, 0.25) is 0 Å². The summed E-state index contributed by atoms with van der Waals surface area (Å²) in [5.74, 6) is 0.252. The van der Waals surface area contributed by atoms with E-state index in [2.05, 4.69) is 0 Å². The van der Waals surface area contributed by atoms with Crippen molar-refractivity contribution in [2.75, 3.05) is 20.3 Å². The molecule has 1 fully saturated rings. The number of carbonyl (C=O) groups excluding carboxylic acids is 1. The molecule has 1 aliphatic rings. The first kappa shape index (κ1) is 21.3. The second-order valence-corrected chi connectivity index (χ2v) is 9.05. The summed E-state index contributed by atoms with van der Waals surface area (Å²) in [6.07, 6.45) is 2.63. The number of ether oxygens (including phenoxy) is 2. The van der Waals surface area contributed by atoms with Crippen molar-refractivity contribution in [1.29, 1.82) is 0 Å². The molecule has 0 bridgehead atoms. The van der Waals surface area contributed by atoms with Gasteiger partial charge >= 0.3 is 5.97 Å². The van der Waals surface area contributed by atoms with Crippen molar-refractivity contribution in [3.63, 3.8) is 0 Å². The van der Waals surface area contributed by atoms with Gasteiger partial charge in [0.1, 0.15) is 11.8 Å². The molecule has 6 nitrogen and oxygen atoms in total. The largest absolute Gasteiger partial charge is 0.497 e. The summed E-state index contributed by atoms with van der Waals surface area (Å²) in [5.41, 5.74) is 1.85. The Balaban J connectivity index is 1.50. The Bertz CT molecular complexity index is 897. The standard InChI is InChI=1S/C22H27NO5S/c1-27-20-13-11-18(12-14-20)9-6-16-28-22(24)21-10-5-15-23(21)29(25,26)17-19-7-3-2-4-8-19/h2-4,7-8,11-14,21H,5-6,9-10,15-17H2,1H3/t21-/m0/s1. The predicted octanol–water partition coefficient (Wildman–Crippen LogP) is 3.17. The average molecular weight is 418 g/mol. The highest BCUT2D eigenvalue weighted by Crippen LogP contribution is 2.24. The smallest absolute Gasteiger partial charge is 0.324 e. The highest BCUT2D eigenvalue weighted by atomic mass is 32.2. The van der Waals surface area contributed by atoms with Crippen molar-refractivity contribution in [2.24, 2.45) is 0 Å². The fraction of sp³-hybridized carbons (Fsp3) is 0.409. The number of esters is 1. The van der Waals surface area contributed by atoms with Gasteiger partial charge in [-0.1, -0.05) is 42.5 Å². The quantitative estimate of drug-likeness (QED) is 0.463. The summed E-state index contributed by atoms with van der Waals surface area (Å²) in [5, 5.41) is 0. The van der Waals surface area contributed by atoms with E-state index >= 15 is 0 Å². The Morgan fingerprint density at radius 3 is 2.48 bits per heavy atom. The Morgan fingerprint density at radius 2 is 1.79 bits per heavy atom. The van der Waals surface area contributed by atoms with E-state index in [1.165, 1.54) is 4.31 Å². The van der Waals surface area contributed by atoms with Crippen molar-refractivity contribution < 1.29 is 22.7 Å². The zero-order valence-corrected chi connectivity index (χ0v) is 17.4. The lowest BCUT2D eigenvalue weighted by Gasteiger charge is -2.22. The van der Waals surface area contributed by atoms with Gasteiger partial charge < -0.3 is 9.47 Å². The second kappa shape index (κ2) is 9.89. The summed E-state index contributed by atoms with van der Waals surface area (Å²) in [6.45, 7) is 0.634. The molecule has 7 heteroatoms. The lowest BCUT2D eigenvalue weighted by molar-refractivity contribution is -0.147. The maximum Gasteiger partial charge on any atom is 0.324 e. The van der Waals surface area contributed by atoms with E-state index in [0.717, 1.165) is 17.7 Å². The Labute approximate surface area is 172 Å². The van der Waals surface area contributed by atoms with E-state index in [1.807, 2.05) is 42.5 Å². The third-order valence-corrected chi connectivity index (χ3v) is 6.89. The number of nitrogens with zero attached hydrogens (tertiary/aromatic N) is 1. The van der Waals surface area contributed by atoms with Crippen LogP contribution < -0.4 is 4.74 Å². The molecule has 3 rings (SSSR count). The number of carbonyl (C=O) groups is 1. The maximum absolute atomic E-state index is 12.8. The van der Waals surface area contributed by atoms with Crippen LogP contribution in [0.25, 0.3) is 0 Å². The maximum atomic E-state index is 12.8. The van der Waals surface area contributed by atoms with E-state index in [0.29, 0.717) is 31.4 Å². The molecule has 0 saturated carbocycles. The Kier molecular flexibility index (Phi) is 7.28. The molecule has 0 radical (unpaired) electrons. The topological polar surface area (TPSA) is 72.9 Å². The molecule has 0 aliphatic carbocycles. The number of hydrogen-bond acceptors (Lipinski definition) is 5. The molecule has 1 aliphatic heterocycles. The van der Waals surface area contributed by atoms with Crippen molar-refractivity contribution >= 4 is 16.0 Å². The van der Waals surface area contributed by atoms with Crippen LogP contribution in [0.1, 0.15) is 30.4 Å². The molecule has 0 spiro atoms. The molecule has 0 unspecified atom stereocenters. The van der Waals surface area contributed by atoms with Gasteiger partial charge in [-0.3, -0.25) is 4.79 Å². The zero-order valence-electron chi connectivity index (χ0n) is 16.6. The van der Waals surface area contributed by atoms with Gasteiger partial charge in [0.05, 0.1) is 19.5 Å². The van der Waals surface area contributed by atoms with E-state index in [4.69, 9.17) is 9.47 Å². The van der Waals surface area contributed by atoms with Crippen molar-refractivity contribution in [2.45, 2.75) is 37.5 Å². The van der Waals surface area contributed by atoms with Gasteiger partial charge in [0.15, 0.2) is 0 Å². The Hall–Kier alpha value is -2.38. The van der Waals surface area contributed by atoms with Crippen LogP contribution in [0.5, 0.6) is 5.75 Å². The molecule has 29 heavy (non-hydrogen) atoms. The van der Waals surface area contributed by atoms with Gasteiger partial charge in [0, 0.05) is 6.54 Å². The number of hydrogen-bond donors (Lipinski definition) is 0. The van der Waals surface area contributed by atoms with Crippen molar-refractivity contribution in [1.82, 2.24) is 4.31 Å². The third-order valence-electron chi connectivity index (χ3n) is 5.04. The van der Waals surface area contributed by atoms with Gasteiger partial charge in [-0.25, -0.2) is 8.42 Å². The number of benzene rings is 2. The minimum atomic E-state index is -3.57. The van der Waals surface area contributed by atoms with E-state index in [1.54, 1.807) is 19.2 Å². The number of aryl methyl sites for hydroxylation is 1. The fourth-order valence-corrected chi connectivity index (χ4v) is 5.28. The van der Waals surface area contributed by atoms with Gasteiger partial charge in [-0.05, 0) is 48.9 Å². The average Bonchev–Trinajstić information content (AvgIpc) is 3.23. The summed E-state index contributed by atoms with van der Waals surface area (Å²) in [7, 11) is -1.94. The molecule has 2 aromatic carbocycles. The van der Waals surface area contributed by atoms with Gasteiger partial charge in [-0.15, -0.1) is 0 Å². The Morgan fingerprint density at radius 1 is 1.07 bits per heavy atom. The molecule has 0 amide bonds. The van der Waals surface area contributed by atoms with Crippen LogP contribution in [0.3, 0.4) is 0 Å². The normalized spacial score (nSPS) is 17.2. The van der Waals surface area contributed by atoms with Crippen LogP contribution in [-0.2, 0) is 31.7 Å². The SMILES string of the molecule is COc1ccc(CCCOC(=O)[C@@H]2CCCN2S(=O)(=O)Cc2ccccc2)cc1. The summed E-state index contributed by atoms with van der Waals surface area (Å²) in [4.78, 5) is 12.5. The molecular weight excluding hydrogens is 390 g/mol. The first-order chi connectivity index (χ1) is 14.0. The molecule has 2 aromatic rings. The van der Waals surface area contributed by atoms with E-state index < -0.39 is 22.0 Å². The van der Waals surface area contributed by atoms with E-state index in [9.17, 15) is 13.2 Å². The molecular formula is C22H27NO5S. The monoisotopic (exact) mass is 417 g/mol.